The molecule has 0 aromatic heterocycles. The zero-order chi connectivity index (χ0) is 13.8. The molecule has 0 aliphatic carbocycles. The molecule has 1 heterocycles. The Hall–Kier alpha value is -0.320. The summed E-state index contributed by atoms with van der Waals surface area (Å²) in [5.74, 6) is 0.353. The number of nitrogens with two attached hydrogens (primary N) is 1. The van der Waals surface area contributed by atoms with E-state index in [0.29, 0.717) is 19.0 Å². The van der Waals surface area contributed by atoms with Crippen LogP contribution in [0.1, 0.15) is 40.5 Å². The lowest BCUT2D eigenvalue weighted by atomic mass is 9.78. The predicted octanol–water partition coefficient (Wildman–Crippen LogP) is 1.96. The lowest BCUT2D eigenvalue weighted by Crippen LogP contribution is -2.46. The molecule has 5 heteroatoms. The molecule has 0 aromatic rings. The Morgan fingerprint density at radius 1 is 1.47 bits per heavy atom. The van der Waals surface area contributed by atoms with E-state index in [4.69, 9.17) is 10.5 Å². The second kappa shape index (κ2) is 8.08. The van der Waals surface area contributed by atoms with E-state index >= 15 is 0 Å². The summed E-state index contributed by atoms with van der Waals surface area (Å²) in [6.45, 7) is 10.4. The highest BCUT2D eigenvalue weighted by molar-refractivity contribution is 5.85. The number of carbonyl (C=O) groups is 1. The van der Waals surface area contributed by atoms with Crippen LogP contribution >= 0.6 is 12.4 Å². The number of hydrogen-bond acceptors (Lipinski definition) is 3. The van der Waals surface area contributed by atoms with Crippen molar-refractivity contribution in [2.75, 3.05) is 19.7 Å². The normalized spacial score (nSPS) is 25.3. The summed E-state index contributed by atoms with van der Waals surface area (Å²) in [4.78, 5) is 11.7. The Labute approximate surface area is 123 Å². The molecule has 1 amide bonds. The van der Waals surface area contributed by atoms with Crippen LogP contribution in [-0.4, -0.2) is 31.7 Å². The first kappa shape index (κ1) is 18.7. The molecule has 1 saturated heterocycles. The maximum atomic E-state index is 11.7. The Kier molecular flexibility index (Phi) is 7.94. The average molecular weight is 293 g/mol. The monoisotopic (exact) mass is 292 g/mol. The molecule has 4 nitrogen and oxygen atoms in total. The van der Waals surface area contributed by atoms with E-state index in [9.17, 15) is 4.79 Å². The number of hydrogen-bond donors (Lipinski definition) is 2. The van der Waals surface area contributed by atoms with Crippen molar-refractivity contribution in [1.82, 2.24) is 5.32 Å². The third kappa shape index (κ3) is 5.67. The van der Waals surface area contributed by atoms with E-state index in [1.165, 1.54) is 0 Å². The highest BCUT2D eigenvalue weighted by Gasteiger charge is 2.35. The molecule has 1 fully saturated rings. The number of rotatable bonds is 4. The van der Waals surface area contributed by atoms with Gasteiger partial charge in [0.2, 0.25) is 5.91 Å². The summed E-state index contributed by atoms with van der Waals surface area (Å²) in [5, 5.41) is 3.01. The van der Waals surface area contributed by atoms with Crippen LogP contribution < -0.4 is 11.1 Å². The van der Waals surface area contributed by atoms with Crippen LogP contribution in [0, 0.1) is 17.3 Å². The molecule has 1 rings (SSSR count). The van der Waals surface area contributed by atoms with Crippen LogP contribution in [-0.2, 0) is 9.53 Å². The van der Waals surface area contributed by atoms with Gasteiger partial charge in [-0.25, -0.2) is 0 Å². The van der Waals surface area contributed by atoms with Crippen molar-refractivity contribution >= 4 is 18.3 Å². The number of amides is 1. The standard InChI is InChI=1S/C14H28N2O2.ClH/c1-10(8-15)13(17)16-9-11-6-5-7-18-12(11)14(2,3)4;/h10-12H,5-9,15H2,1-4H3,(H,16,17);1H. The smallest absolute Gasteiger partial charge is 0.224 e. The zero-order valence-corrected chi connectivity index (χ0v) is 13.4. The molecule has 0 bridgehead atoms. The zero-order valence-electron chi connectivity index (χ0n) is 12.6. The molecule has 3 atom stereocenters. The fourth-order valence-electron chi connectivity index (χ4n) is 2.52. The fourth-order valence-corrected chi connectivity index (χ4v) is 2.52. The third-order valence-electron chi connectivity index (χ3n) is 3.64. The van der Waals surface area contributed by atoms with Gasteiger partial charge in [0.1, 0.15) is 0 Å². The van der Waals surface area contributed by atoms with Crippen molar-refractivity contribution in [3.05, 3.63) is 0 Å². The number of ether oxygens (including phenoxy) is 1. The minimum Gasteiger partial charge on any atom is -0.377 e. The SMILES string of the molecule is CC(CN)C(=O)NCC1CCCOC1C(C)(C)C.Cl. The van der Waals surface area contributed by atoms with Gasteiger partial charge in [-0.2, -0.15) is 0 Å². The second-order valence-electron chi connectivity index (χ2n) is 6.44. The predicted molar refractivity (Wildman–Crippen MR) is 80.4 cm³/mol. The first-order chi connectivity index (χ1) is 8.36. The average Bonchev–Trinajstić information content (AvgIpc) is 2.34. The van der Waals surface area contributed by atoms with Crippen molar-refractivity contribution in [3.8, 4) is 0 Å². The fraction of sp³-hybridized carbons (Fsp3) is 0.929. The lowest BCUT2D eigenvalue weighted by Gasteiger charge is -2.40. The molecule has 3 unspecified atom stereocenters. The molecule has 0 spiro atoms. The highest BCUT2D eigenvalue weighted by atomic mass is 35.5. The van der Waals surface area contributed by atoms with Crippen molar-refractivity contribution in [3.63, 3.8) is 0 Å². The Balaban J connectivity index is 0.00000324. The van der Waals surface area contributed by atoms with Gasteiger partial charge in [0, 0.05) is 31.5 Å². The van der Waals surface area contributed by atoms with Crippen molar-refractivity contribution in [2.24, 2.45) is 23.0 Å². The van der Waals surface area contributed by atoms with Crippen molar-refractivity contribution < 1.29 is 9.53 Å². The minimum atomic E-state index is -0.109. The van der Waals surface area contributed by atoms with Gasteiger partial charge in [-0.05, 0) is 18.3 Å². The van der Waals surface area contributed by atoms with Crippen LogP contribution in [0.25, 0.3) is 0 Å². The van der Waals surface area contributed by atoms with Crippen LogP contribution in [0.4, 0.5) is 0 Å². The molecule has 0 aromatic carbocycles. The molecule has 114 valence electrons. The van der Waals surface area contributed by atoms with Gasteiger partial charge in [0.05, 0.1) is 6.10 Å². The Morgan fingerprint density at radius 3 is 2.63 bits per heavy atom. The van der Waals surface area contributed by atoms with E-state index < -0.39 is 0 Å². The largest absolute Gasteiger partial charge is 0.377 e. The van der Waals surface area contributed by atoms with E-state index in [1.807, 2.05) is 6.92 Å². The van der Waals surface area contributed by atoms with E-state index in [-0.39, 0.29) is 35.8 Å². The van der Waals surface area contributed by atoms with E-state index in [1.54, 1.807) is 0 Å². The first-order valence-electron chi connectivity index (χ1n) is 6.95. The Bertz CT molecular complexity index is 279. The molecule has 19 heavy (non-hydrogen) atoms. The first-order valence-corrected chi connectivity index (χ1v) is 6.95. The molecule has 1 aliphatic heterocycles. The molecular weight excluding hydrogens is 264 g/mol. The summed E-state index contributed by atoms with van der Waals surface area (Å²) in [6.07, 6.45) is 2.43. The van der Waals surface area contributed by atoms with Gasteiger partial charge in [0.25, 0.3) is 0 Å². The highest BCUT2D eigenvalue weighted by Crippen LogP contribution is 2.33. The van der Waals surface area contributed by atoms with Crippen molar-refractivity contribution in [2.45, 2.75) is 46.6 Å². The molecule has 3 N–H and O–H groups in total. The number of halogens is 1. The maximum Gasteiger partial charge on any atom is 0.224 e. The van der Waals surface area contributed by atoms with Gasteiger partial charge in [0.15, 0.2) is 0 Å². The van der Waals surface area contributed by atoms with Gasteiger partial charge in [-0.1, -0.05) is 27.7 Å². The Morgan fingerprint density at radius 2 is 2.11 bits per heavy atom. The summed E-state index contributed by atoms with van der Waals surface area (Å²) < 4.78 is 5.90. The molecular formula is C14H29ClN2O2. The maximum absolute atomic E-state index is 11.7. The number of carbonyl (C=O) groups excluding carboxylic acids is 1. The van der Waals surface area contributed by atoms with Gasteiger partial charge in [-0.15, -0.1) is 12.4 Å². The molecule has 1 aliphatic rings. The lowest BCUT2D eigenvalue weighted by molar-refractivity contribution is -0.126. The van der Waals surface area contributed by atoms with Crippen LogP contribution in [0.2, 0.25) is 0 Å². The van der Waals surface area contributed by atoms with Gasteiger partial charge >= 0.3 is 0 Å². The summed E-state index contributed by atoms with van der Waals surface area (Å²) in [5.41, 5.74) is 5.61. The quantitative estimate of drug-likeness (QED) is 0.832. The second-order valence-corrected chi connectivity index (χ2v) is 6.44. The summed E-state index contributed by atoms with van der Waals surface area (Å²) in [6, 6.07) is 0. The third-order valence-corrected chi connectivity index (χ3v) is 3.64. The minimum absolute atomic E-state index is 0. The summed E-state index contributed by atoms with van der Waals surface area (Å²) >= 11 is 0. The van der Waals surface area contributed by atoms with E-state index in [2.05, 4.69) is 26.1 Å². The van der Waals surface area contributed by atoms with E-state index in [0.717, 1.165) is 19.4 Å². The molecule has 0 radical (unpaired) electrons. The van der Waals surface area contributed by atoms with Gasteiger partial charge in [-0.3, -0.25) is 4.79 Å². The molecule has 0 saturated carbocycles. The summed E-state index contributed by atoms with van der Waals surface area (Å²) in [7, 11) is 0. The van der Waals surface area contributed by atoms with Crippen LogP contribution in [0.15, 0.2) is 0 Å². The van der Waals surface area contributed by atoms with Gasteiger partial charge < -0.3 is 15.8 Å². The van der Waals surface area contributed by atoms with Crippen LogP contribution in [0.5, 0.6) is 0 Å². The topological polar surface area (TPSA) is 64.4 Å². The number of nitrogens with one attached hydrogen (secondary N) is 1. The van der Waals surface area contributed by atoms with Crippen LogP contribution in [0.3, 0.4) is 0 Å². The van der Waals surface area contributed by atoms with Crippen molar-refractivity contribution in [1.29, 1.82) is 0 Å².